The van der Waals surface area contributed by atoms with E-state index in [-0.39, 0.29) is 6.04 Å². The first kappa shape index (κ1) is 13.2. The molecule has 1 atom stereocenters. The van der Waals surface area contributed by atoms with Gasteiger partial charge in [0.15, 0.2) is 0 Å². The molecule has 0 saturated carbocycles. The maximum atomic E-state index is 11.1. The topological polar surface area (TPSA) is 49.3 Å². The Morgan fingerprint density at radius 1 is 1.53 bits per heavy atom. The number of carbonyl (C=O) groups is 1. The number of thiophene rings is 1. The summed E-state index contributed by atoms with van der Waals surface area (Å²) in [5.74, 6) is -0.857. The van der Waals surface area contributed by atoms with E-state index in [0.717, 1.165) is 13.1 Å². The fourth-order valence-electron chi connectivity index (χ4n) is 1.11. The van der Waals surface area contributed by atoms with Crippen molar-refractivity contribution in [2.45, 2.75) is 25.9 Å². The normalized spacial score (nSPS) is 13.1. The lowest BCUT2D eigenvalue weighted by molar-refractivity contribution is -0.139. The molecule has 1 heterocycles. The van der Waals surface area contributed by atoms with Crippen molar-refractivity contribution >= 4 is 49.2 Å². The van der Waals surface area contributed by atoms with Crippen LogP contribution in [0.2, 0.25) is 0 Å². The Bertz CT molecular complexity index is 345. The smallest absolute Gasteiger partial charge is 0.326 e. The number of halogens is 2. The average Bonchev–Trinajstić information content (AvgIpc) is 2.42. The standard InChI is InChI=1S/C9H11Br2NO2S/c1-4(2)12-7(9(13)14)6-3-5(10)8(11)15-6/h3-4,7,12H,1-2H3,(H,13,14). The molecule has 1 aromatic rings. The van der Waals surface area contributed by atoms with Crippen molar-refractivity contribution in [1.82, 2.24) is 5.32 Å². The van der Waals surface area contributed by atoms with Gasteiger partial charge in [-0.2, -0.15) is 0 Å². The molecule has 0 bridgehead atoms. The van der Waals surface area contributed by atoms with Crippen LogP contribution < -0.4 is 5.32 Å². The highest BCUT2D eigenvalue weighted by Gasteiger charge is 2.23. The number of aliphatic carboxylic acids is 1. The summed E-state index contributed by atoms with van der Waals surface area (Å²) in [5.41, 5.74) is 0. The molecule has 15 heavy (non-hydrogen) atoms. The van der Waals surface area contributed by atoms with E-state index in [2.05, 4.69) is 37.2 Å². The maximum Gasteiger partial charge on any atom is 0.326 e. The van der Waals surface area contributed by atoms with Crippen LogP contribution in [0.4, 0.5) is 0 Å². The van der Waals surface area contributed by atoms with Crippen molar-refractivity contribution < 1.29 is 9.90 Å². The second-order valence-corrected chi connectivity index (χ2v) is 6.62. The van der Waals surface area contributed by atoms with Crippen LogP contribution in [-0.4, -0.2) is 17.1 Å². The number of carboxylic acid groups (broad SMARTS) is 1. The van der Waals surface area contributed by atoms with Crippen molar-refractivity contribution in [2.75, 3.05) is 0 Å². The van der Waals surface area contributed by atoms with E-state index < -0.39 is 12.0 Å². The molecular weight excluding hydrogens is 346 g/mol. The van der Waals surface area contributed by atoms with E-state index in [1.807, 2.05) is 19.9 Å². The average molecular weight is 357 g/mol. The molecule has 0 amide bonds. The largest absolute Gasteiger partial charge is 0.480 e. The molecule has 1 unspecified atom stereocenters. The van der Waals surface area contributed by atoms with Crippen LogP contribution in [0.1, 0.15) is 24.8 Å². The molecule has 0 aliphatic carbocycles. The first-order chi connectivity index (χ1) is 6.91. The Kier molecular flexibility index (Phi) is 4.76. The zero-order valence-corrected chi connectivity index (χ0v) is 12.2. The molecular formula is C9H11Br2NO2S. The monoisotopic (exact) mass is 355 g/mol. The first-order valence-electron chi connectivity index (χ1n) is 4.35. The van der Waals surface area contributed by atoms with Gasteiger partial charge >= 0.3 is 5.97 Å². The van der Waals surface area contributed by atoms with Crippen LogP contribution in [0.5, 0.6) is 0 Å². The SMILES string of the molecule is CC(C)NC(C(=O)O)c1cc(Br)c(Br)s1. The molecule has 2 N–H and O–H groups in total. The molecule has 0 fully saturated rings. The van der Waals surface area contributed by atoms with Gasteiger partial charge < -0.3 is 5.11 Å². The Hall–Kier alpha value is 0.0900. The lowest BCUT2D eigenvalue weighted by Crippen LogP contribution is -2.32. The van der Waals surface area contributed by atoms with Crippen LogP contribution in [0.25, 0.3) is 0 Å². The molecule has 1 aromatic heterocycles. The molecule has 0 aliphatic heterocycles. The third kappa shape index (κ3) is 3.55. The highest BCUT2D eigenvalue weighted by atomic mass is 79.9. The van der Waals surface area contributed by atoms with Gasteiger partial charge in [0, 0.05) is 15.4 Å². The van der Waals surface area contributed by atoms with E-state index in [0.29, 0.717) is 0 Å². The fourth-order valence-corrected chi connectivity index (χ4v) is 3.26. The number of carboxylic acids is 1. The maximum absolute atomic E-state index is 11.1. The molecule has 0 aromatic carbocycles. The van der Waals surface area contributed by atoms with Crippen molar-refractivity contribution in [1.29, 1.82) is 0 Å². The summed E-state index contributed by atoms with van der Waals surface area (Å²) in [7, 11) is 0. The van der Waals surface area contributed by atoms with Gasteiger partial charge in [-0.25, -0.2) is 0 Å². The van der Waals surface area contributed by atoms with Crippen LogP contribution in [0.3, 0.4) is 0 Å². The van der Waals surface area contributed by atoms with Gasteiger partial charge in [-0.05, 0) is 51.8 Å². The Morgan fingerprint density at radius 2 is 2.13 bits per heavy atom. The van der Waals surface area contributed by atoms with E-state index in [9.17, 15) is 4.79 Å². The minimum Gasteiger partial charge on any atom is -0.480 e. The number of hydrogen-bond donors (Lipinski definition) is 2. The van der Waals surface area contributed by atoms with Crippen LogP contribution in [0.15, 0.2) is 14.3 Å². The lowest BCUT2D eigenvalue weighted by atomic mass is 10.2. The zero-order chi connectivity index (χ0) is 11.6. The van der Waals surface area contributed by atoms with Gasteiger partial charge in [-0.3, -0.25) is 10.1 Å². The highest BCUT2D eigenvalue weighted by molar-refractivity contribution is 9.13. The highest BCUT2D eigenvalue weighted by Crippen LogP contribution is 2.35. The van der Waals surface area contributed by atoms with Gasteiger partial charge in [0.2, 0.25) is 0 Å². The van der Waals surface area contributed by atoms with Gasteiger partial charge in [-0.1, -0.05) is 0 Å². The van der Waals surface area contributed by atoms with Gasteiger partial charge in [0.05, 0.1) is 3.79 Å². The number of hydrogen-bond acceptors (Lipinski definition) is 3. The second-order valence-electron chi connectivity index (χ2n) is 3.36. The summed E-state index contributed by atoms with van der Waals surface area (Å²) >= 11 is 8.11. The van der Waals surface area contributed by atoms with Gasteiger partial charge in [0.1, 0.15) is 6.04 Å². The molecule has 84 valence electrons. The Morgan fingerprint density at radius 3 is 2.47 bits per heavy atom. The quantitative estimate of drug-likeness (QED) is 0.869. The number of rotatable bonds is 4. The summed E-state index contributed by atoms with van der Waals surface area (Å²) in [5, 5.41) is 12.1. The molecule has 6 heteroatoms. The lowest BCUT2D eigenvalue weighted by Gasteiger charge is -2.15. The third-order valence-corrected chi connectivity index (χ3v) is 5.02. The molecule has 0 spiro atoms. The van der Waals surface area contributed by atoms with E-state index in [1.54, 1.807) is 0 Å². The van der Waals surface area contributed by atoms with Crippen LogP contribution in [0, 0.1) is 0 Å². The Labute approximate surface area is 109 Å². The summed E-state index contributed by atoms with van der Waals surface area (Å²) in [6.45, 7) is 3.85. The predicted molar refractivity (Wildman–Crippen MR) is 68.4 cm³/mol. The first-order valence-corrected chi connectivity index (χ1v) is 6.75. The van der Waals surface area contributed by atoms with E-state index in [4.69, 9.17) is 5.11 Å². The number of nitrogens with one attached hydrogen (secondary N) is 1. The summed E-state index contributed by atoms with van der Waals surface area (Å²) in [6.07, 6.45) is 0. The van der Waals surface area contributed by atoms with Crippen LogP contribution >= 0.6 is 43.2 Å². The molecule has 0 aliphatic rings. The van der Waals surface area contributed by atoms with E-state index >= 15 is 0 Å². The Balaban J connectivity index is 2.94. The van der Waals surface area contributed by atoms with Crippen molar-refractivity contribution in [3.63, 3.8) is 0 Å². The van der Waals surface area contributed by atoms with Crippen molar-refractivity contribution in [3.8, 4) is 0 Å². The van der Waals surface area contributed by atoms with Gasteiger partial charge in [-0.15, -0.1) is 11.3 Å². The minimum atomic E-state index is -0.857. The molecule has 0 radical (unpaired) electrons. The van der Waals surface area contributed by atoms with Crippen LogP contribution in [-0.2, 0) is 4.79 Å². The third-order valence-electron chi connectivity index (χ3n) is 1.70. The molecule has 0 saturated heterocycles. The van der Waals surface area contributed by atoms with Crippen molar-refractivity contribution in [2.24, 2.45) is 0 Å². The summed E-state index contributed by atoms with van der Waals surface area (Å²) < 4.78 is 1.80. The van der Waals surface area contributed by atoms with E-state index in [1.165, 1.54) is 11.3 Å². The summed E-state index contributed by atoms with van der Waals surface area (Å²) in [6, 6.07) is 1.31. The molecule has 1 rings (SSSR count). The van der Waals surface area contributed by atoms with Gasteiger partial charge in [0.25, 0.3) is 0 Å². The fraction of sp³-hybridized carbons (Fsp3) is 0.444. The summed E-state index contributed by atoms with van der Waals surface area (Å²) in [4.78, 5) is 11.9. The second kappa shape index (κ2) is 5.43. The predicted octanol–water partition coefficient (Wildman–Crippen LogP) is 3.40. The van der Waals surface area contributed by atoms with Crippen molar-refractivity contribution in [3.05, 3.63) is 19.2 Å². The minimum absolute atomic E-state index is 0.130. The zero-order valence-electron chi connectivity index (χ0n) is 8.25. The molecule has 3 nitrogen and oxygen atoms in total.